The van der Waals surface area contributed by atoms with Crippen molar-refractivity contribution in [2.45, 2.75) is 104 Å². The van der Waals surface area contributed by atoms with Crippen molar-refractivity contribution in [3.8, 4) is 5.69 Å². The summed E-state index contributed by atoms with van der Waals surface area (Å²) < 4.78 is 15.3. The van der Waals surface area contributed by atoms with E-state index in [1.54, 1.807) is 0 Å². The molecule has 0 saturated carbocycles. The molecule has 2 aromatic rings. The highest BCUT2D eigenvalue weighted by Crippen LogP contribution is 2.27. The summed E-state index contributed by atoms with van der Waals surface area (Å²) in [6.07, 6.45) is 0. The molecule has 1 atom stereocenters. The summed E-state index contributed by atoms with van der Waals surface area (Å²) in [4.78, 5) is 0. The number of aromatic nitrogens is 3. The summed E-state index contributed by atoms with van der Waals surface area (Å²) in [6, 6.07) is 15.5. The molecule has 35 heavy (non-hydrogen) atoms. The fourth-order valence-corrected chi connectivity index (χ4v) is 9.78. The number of nitrogens with one attached hydrogen (secondary N) is 1. The average Bonchev–Trinajstić information content (AvgIpc) is 3.32. The average molecular weight is 520 g/mol. The van der Waals surface area contributed by atoms with Gasteiger partial charge in [0.1, 0.15) is 5.69 Å². The maximum absolute atomic E-state index is 6.71. The van der Waals surface area contributed by atoms with Crippen LogP contribution in [0.25, 0.3) is 5.69 Å². The third kappa shape index (κ3) is 7.56. The first-order valence-corrected chi connectivity index (χ1v) is 18.7. The molecule has 2 rings (SSSR count). The van der Waals surface area contributed by atoms with Crippen molar-refractivity contribution < 1.29 is 8.85 Å². The molecular formula is C26H49N5O2Si2. The van der Waals surface area contributed by atoms with Crippen LogP contribution in [0.2, 0.25) is 36.3 Å². The van der Waals surface area contributed by atoms with E-state index in [-0.39, 0.29) is 6.04 Å². The van der Waals surface area contributed by atoms with Crippen molar-refractivity contribution in [1.29, 1.82) is 0 Å². The minimum Gasteiger partial charge on any atom is -0.411 e. The van der Waals surface area contributed by atoms with Gasteiger partial charge < -0.3 is 19.9 Å². The van der Waals surface area contributed by atoms with E-state index < -0.39 is 16.6 Å². The van der Waals surface area contributed by atoms with Gasteiger partial charge in [0.25, 0.3) is 0 Å². The summed E-state index contributed by atoms with van der Waals surface area (Å²) in [5, 5.41) is 12.6. The van der Waals surface area contributed by atoms with Crippen LogP contribution in [0, 0.1) is 0 Å². The summed E-state index contributed by atoms with van der Waals surface area (Å²) in [6.45, 7) is 18.2. The molecule has 1 heterocycles. The highest BCUT2D eigenvalue weighted by molar-refractivity contribution is 6.73. The molecule has 9 heteroatoms. The van der Waals surface area contributed by atoms with E-state index in [1.165, 1.54) is 5.56 Å². The second-order valence-corrected chi connectivity index (χ2v) is 19.1. The molecule has 0 radical (unpaired) electrons. The van der Waals surface area contributed by atoms with Gasteiger partial charge in [-0.3, -0.25) is 0 Å². The van der Waals surface area contributed by atoms with Crippen LogP contribution in [0.5, 0.6) is 0 Å². The molecule has 0 spiro atoms. The lowest BCUT2D eigenvalue weighted by Crippen LogP contribution is -2.36. The molecule has 1 aromatic heterocycles. The maximum Gasteiger partial charge on any atom is 0.192 e. The molecule has 0 aliphatic rings. The van der Waals surface area contributed by atoms with E-state index in [0.717, 1.165) is 59.9 Å². The van der Waals surface area contributed by atoms with Gasteiger partial charge in [0.15, 0.2) is 16.6 Å². The monoisotopic (exact) mass is 519 g/mol. The van der Waals surface area contributed by atoms with E-state index in [0.29, 0.717) is 19.8 Å². The van der Waals surface area contributed by atoms with E-state index in [1.807, 2.05) is 4.68 Å². The Bertz CT molecular complexity index is 851. The minimum absolute atomic E-state index is 0.246. The standard InChI is InChI=1S/C26H49N5O2Si2/c1-8-34(9-2,10-3)32-20-25-26(21-33-35(11-4,12-5)13-6)31(30-29-25)24-16-14-23(15-17-24)22(7)28-19-18-27/h14-17,22,28H,8-13,18-21,27H2,1-7H3. The molecule has 0 aliphatic carbocycles. The Kier molecular flexibility index (Phi) is 12.3. The normalized spacial score (nSPS) is 13.4. The fourth-order valence-electron chi connectivity index (χ4n) is 4.67. The first-order valence-electron chi connectivity index (χ1n) is 13.6. The molecule has 0 aliphatic heterocycles. The molecule has 1 unspecified atom stereocenters. The predicted molar refractivity (Wildman–Crippen MR) is 151 cm³/mol. The zero-order chi connectivity index (χ0) is 25.9. The van der Waals surface area contributed by atoms with Crippen LogP contribution in [-0.2, 0) is 22.1 Å². The molecule has 7 nitrogen and oxygen atoms in total. The van der Waals surface area contributed by atoms with Gasteiger partial charge in [0, 0.05) is 19.1 Å². The molecule has 0 saturated heterocycles. The second-order valence-electron chi connectivity index (χ2n) is 9.52. The molecule has 198 valence electrons. The van der Waals surface area contributed by atoms with Crippen LogP contribution in [0.1, 0.15) is 71.5 Å². The van der Waals surface area contributed by atoms with E-state index >= 15 is 0 Å². The Morgan fingerprint density at radius 1 is 0.857 bits per heavy atom. The zero-order valence-corrected chi connectivity index (χ0v) is 25.2. The van der Waals surface area contributed by atoms with Crippen molar-refractivity contribution in [2.75, 3.05) is 13.1 Å². The van der Waals surface area contributed by atoms with Gasteiger partial charge in [-0.2, -0.15) is 0 Å². The van der Waals surface area contributed by atoms with Crippen LogP contribution < -0.4 is 11.1 Å². The van der Waals surface area contributed by atoms with E-state index in [4.69, 9.17) is 14.6 Å². The van der Waals surface area contributed by atoms with Gasteiger partial charge >= 0.3 is 0 Å². The van der Waals surface area contributed by atoms with Crippen molar-refractivity contribution in [3.05, 3.63) is 41.2 Å². The number of rotatable bonds is 17. The third-order valence-corrected chi connectivity index (χ3v) is 17.2. The summed E-state index contributed by atoms with van der Waals surface area (Å²) in [5.41, 5.74) is 9.79. The Morgan fingerprint density at radius 2 is 1.37 bits per heavy atom. The quantitative estimate of drug-likeness (QED) is 0.252. The molecule has 0 fully saturated rings. The Morgan fingerprint density at radius 3 is 1.86 bits per heavy atom. The lowest BCUT2D eigenvalue weighted by Gasteiger charge is -2.29. The molecule has 1 aromatic carbocycles. The van der Waals surface area contributed by atoms with Crippen molar-refractivity contribution in [2.24, 2.45) is 5.73 Å². The lowest BCUT2D eigenvalue weighted by molar-refractivity contribution is 0.260. The third-order valence-electron chi connectivity index (χ3n) is 7.97. The van der Waals surface area contributed by atoms with Crippen LogP contribution >= 0.6 is 0 Å². The first kappa shape index (κ1) is 29.9. The summed E-state index contributed by atoms with van der Waals surface area (Å²) in [7, 11) is -3.49. The number of hydrogen-bond donors (Lipinski definition) is 2. The van der Waals surface area contributed by atoms with Crippen molar-refractivity contribution in [1.82, 2.24) is 20.3 Å². The van der Waals surface area contributed by atoms with Crippen LogP contribution in [-0.4, -0.2) is 44.7 Å². The largest absolute Gasteiger partial charge is 0.411 e. The predicted octanol–water partition coefficient (Wildman–Crippen LogP) is 5.92. The fraction of sp³-hybridized carbons (Fsp3) is 0.692. The smallest absolute Gasteiger partial charge is 0.192 e. The van der Waals surface area contributed by atoms with Gasteiger partial charge in [0.2, 0.25) is 0 Å². The Hall–Kier alpha value is -1.37. The minimum atomic E-state index is -1.76. The van der Waals surface area contributed by atoms with Gasteiger partial charge in [-0.1, -0.05) is 58.9 Å². The number of nitrogens with two attached hydrogens (primary N) is 1. The van der Waals surface area contributed by atoms with Crippen LogP contribution in [0.4, 0.5) is 0 Å². The summed E-state index contributed by atoms with van der Waals surface area (Å²) >= 11 is 0. The first-order chi connectivity index (χ1) is 16.9. The van der Waals surface area contributed by atoms with Gasteiger partial charge in [-0.15, -0.1) is 5.10 Å². The molecule has 3 N–H and O–H groups in total. The van der Waals surface area contributed by atoms with Gasteiger partial charge in [0.05, 0.1) is 24.6 Å². The van der Waals surface area contributed by atoms with Crippen LogP contribution in [0.3, 0.4) is 0 Å². The summed E-state index contributed by atoms with van der Waals surface area (Å²) in [5.74, 6) is 0. The van der Waals surface area contributed by atoms with Gasteiger partial charge in [-0.25, -0.2) is 4.68 Å². The van der Waals surface area contributed by atoms with E-state index in [9.17, 15) is 0 Å². The highest BCUT2D eigenvalue weighted by atomic mass is 28.4. The highest BCUT2D eigenvalue weighted by Gasteiger charge is 2.32. The van der Waals surface area contributed by atoms with Crippen LogP contribution in [0.15, 0.2) is 24.3 Å². The zero-order valence-electron chi connectivity index (χ0n) is 23.2. The lowest BCUT2D eigenvalue weighted by atomic mass is 10.1. The molecular weight excluding hydrogens is 470 g/mol. The van der Waals surface area contributed by atoms with Gasteiger partial charge in [-0.05, 0) is 60.9 Å². The number of benzene rings is 1. The SMILES string of the molecule is CC[Si](CC)(CC)OCc1nnn(-c2ccc(C(C)NCCN)cc2)c1CO[Si](CC)(CC)CC. The second kappa shape index (κ2) is 14.4. The number of nitrogens with zero attached hydrogens (tertiary/aromatic N) is 3. The Balaban J connectivity index is 2.36. The Labute approximate surface area is 215 Å². The topological polar surface area (TPSA) is 87.2 Å². The van der Waals surface area contributed by atoms with Crippen molar-refractivity contribution >= 4 is 16.6 Å². The molecule has 0 amide bonds. The number of hydrogen-bond acceptors (Lipinski definition) is 6. The van der Waals surface area contributed by atoms with E-state index in [2.05, 4.69) is 88.4 Å². The van der Waals surface area contributed by atoms with Crippen molar-refractivity contribution in [3.63, 3.8) is 0 Å². The molecule has 0 bridgehead atoms. The maximum atomic E-state index is 6.71.